The summed E-state index contributed by atoms with van der Waals surface area (Å²) in [6.07, 6.45) is 0. The van der Waals surface area contributed by atoms with Gasteiger partial charge in [0.1, 0.15) is 4.83 Å². The molecule has 3 aromatic rings. The molecule has 1 aromatic carbocycles. The quantitative estimate of drug-likeness (QED) is 0.789. The summed E-state index contributed by atoms with van der Waals surface area (Å²) in [5.74, 6) is -0.0382. The van der Waals surface area contributed by atoms with Crippen LogP contribution < -0.4 is 4.72 Å². The van der Waals surface area contributed by atoms with E-state index in [-0.39, 0.29) is 5.75 Å². The smallest absolute Gasteiger partial charge is 0.236 e. The van der Waals surface area contributed by atoms with Gasteiger partial charge < -0.3 is 0 Å². The molecule has 0 unspecified atom stereocenters. The number of aryl methyl sites for hydroxylation is 2. The normalized spacial score (nSPS) is 11.7. The number of hydrogen-bond acceptors (Lipinski definition) is 4. The standard InChI is InChI=1S/C16H16N2O2S2/c1-11-8-12(2)17-16-15(11)14(9-21-16)18-22(19,20)10-13-6-4-3-5-7-13/h3-9,18H,10H2,1-2H3. The lowest BCUT2D eigenvalue weighted by molar-refractivity contribution is 0.600. The maximum absolute atomic E-state index is 12.4. The van der Waals surface area contributed by atoms with Crippen molar-refractivity contribution in [1.29, 1.82) is 0 Å². The number of thiophene rings is 1. The predicted molar refractivity (Wildman–Crippen MR) is 91.8 cm³/mol. The first-order chi connectivity index (χ1) is 10.4. The Morgan fingerprint density at radius 3 is 2.64 bits per heavy atom. The molecular formula is C16H16N2O2S2. The predicted octanol–water partition coefficient (Wildman–Crippen LogP) is 3.86. The Bertz CT molecular complexity index is 916. The van der Waals surface area contributed by atoms with Crippen molar-refractivity contribution in [3.05, 3.63) is 58.6 Å². The molecule has 3 rings (SSSR count). The summed E-state index contributed by atoms with van der Waals surface area (Å²) >= 11 is 1.45. The zero-order valence-electron chi connectivity index (χ0n) is 12.3. The van der Waals surface area contributed by atoms with Crippen molar-refractivity contribution in [3.8, 4) is 0 Å². The molecule has 0 aliphatic carbocycles. The van der Waals surface area contributed by atoms with Crippen LogP contribution in [-0.2, 0) is 15.8 Å². The molecule has 0 aliphatic rings. The molecular weight excluding hydrogens is 316 g/mol. The van der Waals surface area contributed by atoms with Gasteiger partial charge in [-0.15, -0.1) is 11.3 Å². The van der Waals surface area contributed by atoms with E-state index < -0.39 is 10.0 Å². The fraction of sp³-hybridized carbons (Fsp3) is 0.188. The number of sulfonamides is 1. The van der Waals surface area contributed by atoms with E-state index >= 15 is 0 Å². The third-order valence-electron chi connectivity index (χ3n) is 3.33. The van der Waals surface area contributed by atoms with Crippen LogP contribution in [0.1, 0.15) is 16.8 Å². The molecule has 2 heterocycles. The number of nitrogens with one attached hydrogen (secondary N) is 1. The summed E-state index contributed by atoms with van der Waals surface area (Å²) in [6.45, 7) is 3.91. The molecule has 0 atom stereocenters. The first-order valence-electron chi connectivity index (χ1n) is 6.84. The minimum Gasteiger partial charge on any atom is -0.282 e. The summed E-state index contributed by atoms with van der Waals surface area (Å²) in [6, 6.07) is 11.1. The van der Waals surface area contributed by atoms with Crippen LogP contribution in [0.25, 0.3) is 10.2 Å². The molecule has 2 aromatic heterocycles. The summed E-state index contributed by atoms with van der Waals surface area (Å²) in [4.78, 5) is 5.31. The van der Waals surface area contributed by atoms with Crippen molar-refractivity contribution >= 4 is 37.3 Å². The number of rotatable bonds is 4. The molecule has 0 radical (unpaired) electrons. The molecule has 0 amide bonds. The van der Waals surface area contributed by atoms with Crippen molar-refractivity contribution < 1.29 is 8.42 Å². The van der Waals surface area contributed by atoms with Gasteiger partial charge in [-0.2, -0.15) is 0 Å². The minimum absolute atomic E-state index is 0.0382. The fourth-order valence-electron chi connectivity index (χ4n) is 2.46. The third-order valence-corrected chi connectivity index (χ3v) is 5.45. The highest BCUT2D eigenvalue weighted by Gasteiger charge is 2.16. The van der Waals surface area contributed by atoms with E-state index in [1.165, 1.54) is 11.3 Å². The van der Waals surface area contributed by atoms with E-state index in [2.05, 4.69) is 9.71 Å². The van der Waals surface area contributed by atoms with Crippen molar-refractivity contribution in [2.75, 3.05) is 4.72 Å². The number of nitrogens with zero attached hydrogens (tertiary/aromatic N) is 1. The van der Waals surface area contributed by atoms with Gasteiger partial charge in [-0.3, -0.25) is 4.72 Å². The molecule has 0 spiro atoms. The number of anilines is 1. The second-order valence-electron chi connectivity index (χ2n) is 5.26. The average molecular weight is 332 g/mol. The molecule has 114 valence electrons. The first kappa shape index (κ1) is 15.0. The van der Waals surface area contributed by atoms with Gasteiger partial charge in [-0.05, 0) is 31.0 Å². The molecule has 0 aliphatic heterocycles. The molecule has 6 heteroatoms. The van der Waals surface area contributed by atoms with Gasteiger partial charge in [0, 0.05) is 16.5 Å². The van der Waals surface area contributed by atoms with Crippen molar-refractivity contribution in [2.24, 2.45) is 0 Å². The summed E-state index contributed by atoms with van der Waals surface area (Å²) in [5, 5.41) is 2.69. The Morgan fingerprint density at radius 1 is 1.18 bits per heavy atom. The van der Waals surface area contributed by atoms with Gasteiger partial charge in [0.05, 0.1) is 11.4 Å². The monoisotopic (exact) mass is 332 g/mol. The molecule has 0 fully saturated rings. The lowest BCUT2D eigenvalue weighted by Crippen LogP contribution is -2.14. The SMILES string of the molecule is Cc1cc(C)c2c(NS(=O)(=O)Cc3ccccc3)csc2n1. The van der Waals surface area contributed by atoms with Crippen LogP contribution >= 0.6 is 11.3 Å². The maximum atomic E-state index is 12.4. The van der Waals surface area contributed by atoms with Gasteiger partial charge in [0.15, 0.2) is 0 Å². The molecule has 4 nitrogen and oxygen atoms in total. The van der Waals surface area contributed by atoms with Gasteiger partial charge in [0.2, 0.25) is 10.0 Å². The number of pyridine rings is 1. The van der Waals surface area contributed by atoms with Crippen molar-refractivity contribution in [3.63, 3.8) is 0 Å². The molecule has 0 bridgehead atoms. The Kier molecular flexibility index (Phi) is 3.88. The molecule has 22 heavy (non-hydrogen) atoms. The summed E-state index contributed by atoms with van der Waals surface area (Å²) < 4.78 is 27.4. The fourth-order valence-corrected chi connectivity index (χ4v) is 4.73. The van der Waals surface area contributed by atoms with Gasteiger partial charge in [0.25, 0.3) is 0 Å². The number of fused-ring (bicyclic) bond motifs is 1. The second kappa shape index (κ2) is 5.70. The lowest BCUT2D eigenvalue weighted by Gasteiger charge is -2.08. The van der Waals surface area contributed by atoms with Crippen molar-refractivity contribution in [2.45, 2.75) is 19.6 Å². The van der Waals surface area contributed by atoms with E-state index in [4.69, 9.17) is 0 Å². The average Bonchev–Trinajstić information content (AvgIpc) is 2.81. The van der Waals surface area contributed by atoms with Crippen LogP contribution in [0.5, 0.6) is 0 Å². The van der Waals surface area contributed by atoms with Crippen LogP contribution in [0.2, 0.25) is 0 Å². The summed E-state index contributed by atoms with van der Waals surface area (Å²) in [7, 11) is -3.45. The molecule has 0 saturated heterocycles. The highest BCUT2D eigenvalue weighted by molar-refractivity contribution is 7.92. The second-order valence-corrected chi connectivity index (χ2v) is 7.84. The third kappa shape index (κ3) is 3.13. The highest BCUT2D eigenvalue weighted by atomic mass is 32.2. The van der Waals surface area contributed by atoms with E-state index in [1.54, 1.807) is 12.1 Å². The number of aromatic nitrogens is 1. The largest absolute Gasteiger partial charge is 0.282 e. The van der Waals surface area contributed by atoms with Crippen LogP contribution in [0.15, 0.2) is 41.8 Å². The molecule has 0 saturated carbocycles. The van der Waals surface area contributed by atoms with Gasteiger partial charge >= 0.3 is 0 Å². The van der Waals surface area contributed by atoms with E-state index in [0.29, 0.717) is 5.69 Å². The minimum atomic E-state index is -3.45. The Balaban J connectivity index is 1.93. The Morgan fingerprint density at radius 2 is 1.91 bits per heavy atom. The Hall–Kier alpha value is -1.92. The lowest BCUT2D eigenvalue weighted by atomic mass is 10.2. The van der Waals surface area contributed by atoms with Crippen LogP contribution in [0, 0.1) is 13.8 Å². The highest BCUT2D eigenvalue weighted by Crippen LogP contribution is 2.32. The van der Waals surface area contributed by atoms with Crippen LogP contribution in [-0.4, -0.2) is 13.4 Å². The zero-order valence-corrected chi connectivity index (χ0v) is 14.0. The maximum Gasteiger partial charge on any atom is 0.236 e. The topological polar surface area (TPSA) is 59.1 Å². The van der Waals surface area contributed by atoms with E-state index in [1.807, 2.05) is 43.5 Å². The molecule has 1 N–H and O–H groups in total. The number of benzene rings is 1. The van der Waals surface area contributed by atoms with Gasteiger partial charge in [-0.1, -0.05) is 30.3 Å². The Labute approximate surface area is 133 Å². The zero-order chi connectivity index (χ0) is 15.7. The van der Waals surface area contributed by atoms with E-state index in [0.717, 1.165) is 27.0 Å². The van der Waals surface area contributed by atoms with Gasteiger partial charge in [-0.25, -0.2) is 13.4 Å². The first-order valence-corrected chi connectivity index (χ1v) is 9.38. The summed E-state index contributed by atoms with van der Waals surface area (Å²) in [5.41, 5.74) is 3.34. The van der Waals surface area contributed by atoms with Crippen LogP contribution in [0.4, 0.5) is 5.69 Å². The number of hydrogen-bond donors (Lipinski definition) is 1. The van der Waals surface area contributed by atoms with Crippen LogP contribution in [0.3, 0.4) is 0 Å². The van der Waals surface area contributed by atoms with E-state index in [9.17, 15) is 8.42 Å². The van der Waals surface area contributed by atoms with Crippen molar-refractivity contribution in [1.82, 2.24) is 4.98 Å².